The maximum absolute atomic E-state index is 11.9. The topological polar surface area (TPSA) is 17.1 Å². The van der Waals surface area contributed by atoms with Crippen molar-refractivity contribution in [2.45, 2.75) is 20.8 Å². The molecule has 1 aromatic rings. The minimum atomic E-state index is 0. The van der Waals surface area contributed by atoms with E-state index in [4.69, 9.17) is 0 Å². The number of hydrogen-bond donors (Lipinski definition) is 0. The quantitative estimate of drug-likeness (QED) is 0.411. The van der Waals surface area contributed by atoms with Gasteiger partial charge in [0.1, 0.15) is 0 Å². The predicted molar refractivity (Wildman–Crippen MR) is 71.8 cm³/mol. The van der Waals surface area contributed by atoms with Crippen molar-refractivity contribution in [2.24, 2.45) is 0 Å². The van der Waals surface area contributed by atoms with Crippen LogP contribution in [0.15, 0.2) is 42.6 Å². The van der Waals surface area contributed by atoms with Crippen molar-refractivity contribution in [1.29, 1.82) is 0 Å². The summed E-state index contributed by atoms with van der Waals surface area (Å²) in [5.41, 5.74) is 0.755. The second-order valence-electron chi connectivity index (χ2n) is 4.21. The second kappa shape index (κ2) is 8.06. The van der Waals surface area contributed by atoms with Gasteiger partial charge in [-0.3, -0.25) is 9.28 Å². The smallest absolute Gasteiger partial charge is 0.191 e. The number of quaternary nitrogens is 1. The predicted octanol–water partition coefficient (Wildman–Crippen LogP) is 0.264. The van der Waals surface area contributed by atoms with E-state index in [-0.39, 0.29) is 18.2 Å². The van der Waals surface area contributed by atoms with Gasteiger partial charge in [-0.25, -0.2) is 0 Å². The van der Waals surface area contributed by atoms with Gasteiger partial charge in [0.05, 0.1) is 25.8 Å². The Labute approximate surface area is 116 Å². The fourth-order valence-electron chi connectivity index (χ4n) is 1.91. The number of carbonyl (C=O) groups excluding carboxylic acids is 1. The molecule has 0 amide bonds. The summed E-state index contributed by atoms with van der Waals surface area (Å²) in [6.07, 6.45) is 3.75. The first-order valence-corrected chi connectivity index (χ1v) is 6.32. The molecular weight excluding hydrogens is 246 g/mol. The highest BCUT2D eigenvalue weighted by Crippen LogP contribution is 2.08. The van der Waals surface area contributed by atoms with Gasteiger partial charge in [0.2, 0.25) is 0 Å². The monoisotopic (exact) mass is 267 g/mol. The molecule has 0 saturated heterocycles. The lowest BCUT2D eigenvalue weighted by atomic mass is 10.1. The molecule has 18 heavy (non-hydrogen) atoms. The third-order valence-corrected chi connectivity index (χ3v) is 3.49. The van der Waals surface area contributed by atoms with E-state index in [0.717, 1.165) is 29.7 Å². The van der Waals surface area contributed by atoms with E-state index in [2.05, 4.69) is 20.8 Å². The van der Waals surface area contributed by atoms with Crippen LogP contribution < -0.4 is 12.4 Å². The van der Waals surface area contributed by atoms with Crippen molar-refractivity contribution < 1.29 is 21.7 Å². The number of hydrogen-bond acceptors (Lipinski definition) is 1. The molecule has 0 radical (unpaired) electrons. The lowest BCUT2D eigenvalue weighted by molar-refractivity contribution is -0.874. The summed E-state index contributed by atoms with van der Waals surface area (Å²) in [7, 11) is 0. The van der Waals surface area contributed by atoms with Gasteiger partial charge in [0.15, 0.2) is 5.78 Å². The van der Waals surface area contributed by atoms with Crippen LogP contribution in [0.3, 0.4) is 0 Å². The van der Waals surface area contributed by atoms with Crippen molar-refractivity contribution in [3.05, 3.63) is 48.2 Å². The first-order valence-electron chi connectivity index (χ1n) is 6.32. The molecule has 0 heterocycles. The van der Waals surface area contributed by atoms with Gasteiger partial charge in [0, 0.05) is 11.6 Å². The van der Waals surface area contributed by atoms with E-state index < -0.39 is 0 Å². The van der Waals surface area contributed by atoms with Crippen LogP contribution in [0.1, 0.15) is 31.1 Å². The molecule has 0 aliphatic heterocycles. The van der Waals surface area contributed by atoms with Crippen molar-refractivity contribution in [1.82, 2.24) is 0 Å². The molecule has 0 atom stereocenters. The van der Waals surface area contributed by atoms with E-state index in [9.17, 15) is 4.79 Å². The molecule has 100 valence electrons. The van der Waals surface area contributed by atoms with Crippen LogP contribution in [-0.4, -0.2) is 29.9 Å². The SMILES string of the molecule is CC[N+](C=CC(=O)c1ccccc1)(CC)CC.[Cl-]. The molecule has 0 unspecified atom stereocenters. The Bertz CT molecular complexity index is 374. The molecule has 3 heteroatoms. The minimum Gasteiger partial charge on any atom is -1.00 e. The maximum atomic E-state index is 11.9. The Morgan fingerprint density at radius 2 is 1.56 bits per heavy atom. The summed E-state index contributed by atoms with van der Waals surface area (Å²) >= 11 is 0. The van der Waals surface area contributed by atoms with E-state index in [0.29, 0.717) is 0 Å². The van der Waals surface area contributed by atoms with Gasteiger partial charge in [-0.15, -0.1) is 0 Å². The Morgan fingerprint density at radius 3 is 2.00 bits per heavy atom. The van der Waals surface area contributed by atoms with Gasteiger partial charge in [-0.05, 0) is 20.8 Å². The summed E-state index contributed by atoms with van der Waals surface area (Å²) in [6.45, 7) is 9.53. The molecular formula is C15H22ClNO. The number of allylic oxidation sites excluding steroid dienone is 1. The van der Waals surface area contributed by atoms with E-state index >= 15 is 0 Å². The van der Waals surface area contributed by atoms with E-state index in [1.807, 2.05) is 36.5 Å². The van der Waals surface area contributed by atoms with Crippen molar-refractivity contribution in [3.8, 4) is 0 Å². The number of benzene rings is 1. The van der Waals surface area contributed by atoms with Gasteiger partial charge in [0.25, 0.3) is 0 Å². The molecule has 0 N–H and O–H groups in total. The van der Waals surface area contributed by atoms with Crippen LogP contribution in [0, 0.1) is 0 Å². The number of rotatable bonds is 6. The Balaban J connectivity index is 0.00000289. The molecule has 0 aromatic heterocycles. The van der Waals surface area contributed by atoms with Crippen LogP contribution in [-0.2, 0) is 0 Å². The van der Waals surface area contributed by atoms with Crippen LogP contribution in [0.4, 0.5) is 0 Å². The number of carbonyl (C=O) groups is 1. The highest BCUT2D eigenvalue weighted by Gasteiger charge is 2.17. The Kier molecular flexibility index (Phi) is 7.56. The minimum absolute atomic E-state index is 0. The molecule has 0 aliphatic rings. The molecule has 0 bridgehead atoms. The van der Waals surface area contributed by atoms with Crippen LogP contribution in [0.25, 0.3) is 0 Å². The lowest BCUT2D eigenvalue weighted by Crippen LogP contribution is -3.00. The number of halogens is 1. The van der Waals surface area contributed by atoms with Gasteiger partial charge in [-0.2, -0.15) is 0 Å². The second-order valence-corrected chi connectivity index (χ2v) is 4.21. The molecule has 0 aliphatic carbocycles. The van der Waals surface area contributed by atoms with Crippen LogP contribution >= 0.6 is 0 Å². The summed E-state index contributed by atoms with van der Waals surface area (Å²) in [4.78, 5) is 11.9. The van der Waals surface area contributed by atoms with Crippen molar-refractivity contribution in [2.75, 3.05) is 19.6 Å². The summed E-state index contributed by atoms with van der Waals surface area (Å²) in [6, 6.07) is 9.41. The largest absolute Gasteiger partial charge is 1.00 e. The summed E-state index contributed by atoms with van der Waals surface area (Å²) in [5, 5.41) is 0. The summed E-state index contributed by atoms with van der Waals surface area (Å²) in [5.74, 6) is 0.0865. The first-order chi connectivity index (χ1) is 8.17. The molecule has 0 spiro atoms. The molecule has 0 saturated carbocycles. The van der Waals surface area contributed by atoms with E-state index in [1.54, 1.807) is 6.08 Å². The number of ketones is 1. The highest BCUT2D eigenvalue weighted by atomic mass is 35.5. The first kappa shape index (κ1) is 16.9. The lowest BCUT2D eigenvalue weighted by Gasteiger charge is -2.31. The zero-order valence-electron chi connectivity index (χ0n) is 11.4. The van der Waals surface area contributed by atoms with Gasteiger partial charge in [-0.1, -0.05) is 30.3 Å². The highest BCUT2D eigenvalue weighted by molar-refractivity contribution is 6.04. The Morgan fingerprint density at radius 1 is 1.06 bits per heavy atom. The number of nitrogens with zero attached hydrogens (tertiary/aromatic N) is 1. The molecule has 1 aromatic carbocycles. The normalized spacial score (nSPS) is 11.3. The van der Waals surface area contributed by atoms with Crippen molar-refractivity contribution >= 4 is 5.78 Å². The summed E-state index contributed by atoms with van der Waals surface area (Å²) < 4.78 is 0.860. The Hall–Kier alpha value is -1.12. The maximum Gasteiger partial charge on any atom is 0.191 e. The third kappa shape index (κ3) is 4.28. The average molecular weight is 268 g/mol. The molecule has 2 nitrogen and oxygen atoms in total. The average Bonchev–Trinajstić information content (AvgIpc) is 2.41. The fraction of sp³-hybridized carbons (Fsp3) is 0.400. The van der Waals surface area contributed by atoms with Gasteiger partial charge < -0.3 is 12.4 Å². The van der Waals surface area contributed by atoms with Gasteiger partial charge >= 0.3 is 0 Å². The van der Waals surface area contributed by atoms with Crippen LogP contribution in [0.2, 0.25) is 0 Å². The zero-order valence-corrected chi connectivity index (χ0v) is 12.2. The molecule has 1 rings (SSSR count). The third-order valence-electron chi connectivity index (χ3n) is 3.49. The molecule has 0 fully saturated rings. The van der Waals surface area contributed by atoms with Crippen molar-refractivity contribution in [3.63, 3.8) is 0 Å². The zero-order chi connectivity index (χ0) is 12.7. The van der Waals surface area contributed by atoms with E-state index in [1.165, 1.54) is 0 Å². The standard InChI is InChI=1S/C15H22NO.ClH/c1-4-16(5-2,6-3)13-12-15(17)14-10-8-7-9-11-14;/h7-13H,4-6H2,1-3H3;1H/q+1;/p-1. The fourth-order valence-corrected chi connectivity index (χ4v) is 1.91. The van der Waals surface area contributed by atoms with Crippen LogP contribution in [0.5, 0.6) is 0 Å².